The van der Waals surface area contributed by atoms with Gasteiger partial charge in [0.05, 0.1) is 25.8 Å². The Morgan fingerprint density at radius 2 is 1.71 bits per heavy atom. The number of rotatable bonds is 10. The number of ether oxygens (including phenoxy) is 2. The van der Waals surface area contributed by atoms with Crippen molar-refractivity contribution in [2.45, 2.75) is 26.1 Å². The lowest BCUT2D eigenvalue weighted by molar-refractivity contribution is -0.140. The van der Waals surface area contributed by atoms with E-state index in [1.165, 1.54) is 0 Å². The van der Waals surface area contributed by atoms with Gasteiger partial charge in [-0.1, -0.05) is 59.3 Å². The van der Waals surface area contributed by atoms with E-state index in [1.54, 1.807) is 22.8 Å². The molecule has 2 amide bonds. The van der Waals surface area contributed by atoms with E-state index in [4.69, 9.17) is 9.47 Å². The van der Waals surface area contributed by atoms with Crippen molar-refractivity contribution >= 4 is 34.2 Å². The summed E-state index contributed by atoms with van der Waals surface area (Å²) in [5.74, 6) is -0.0340. The fourth-order valence-electron chi connectivity index (χ4n) is 5.54. The zero-order valence-corrected chi connectivity index (χ0v) is 25.4. The molecule has 10 heteroatoms. The Balaban J connectivity index is 1.35. The summed E-state index contributed by atoms with van der Waals surface area (Å²) >= 11 is 0. The van der Waals surface area contributed by atoms with Crippen LogP contribution in [0.4, 0.5) is 11.4 Å². The summed E-state index contributed by atoms with van der Waals surface area (Å²) in [5, 5.41) is 11.5. The third-order valence-electron chi connectivity index (χ3n) is 7.98. The van der Waals surface area contributed by atoms with Gasteiger partial charge in [0.15, 0.2) is 0 Å². The number of aromatic nitrogens is 3. The number of methoxy groups -OCH3 is 1. The highest BCUT2D eigenvalue weighted by Gasteiger charge is 2.33. The van der Waals surface area contributed by atoms with Crippen molar-refractivity contribution in [3.63, 3.8) is 0 Å². The predicted molar refractivity (Wildman–Crippen MR) is 173 cm³/mol. The topological polar surface area (TPSA) is 102 Å². The summed E-state index contributed by atoms with van der Waals surface area (Å²) in [7, 11) is 1.58. The number of anilines is 2. The fraction of sp³-hybridized carbons (Fsp3) is 0.257. The van der Waals surface area contributed by atoms with Gasteiger partial charge in [-0.3, -0.25) is 9.59 Å². The molecule has 6 rings (SSSR count). The van der Waals surface area contributed by atoms with Gasteiger partial charge in [-0.25, -0.2) is 4.68 Å². The molecule has 1 fully saturated rings. The molecule has 0 bridgehead atoms. The van der Waals surface area contributed by atoms with Gasteiger partial charge in [-0.05, 0) is 66.6 Å². The van der Waals surface area contributed by atoms with Gasteiger partial charge in [-0.15, -0.1) is 5.10 Å². The number of fused-ring (bicyclic) bond motifs is 1. The number of morpholine rings is 1. The molecule has 0 saturated carbocycles. The monoisotopic (exact) mass is 604 g/mol. The first kappa shape index (κ1) is 29.8. The average molecular weight is 605 g/mol. The minimum absolute atomic E-state index is 0.0889. The zero-order chi connectivity index (χ0) is 31.2. The van der Waals surface area contributed by atoms with Crippen molar-refractivity contribution in [2.24, 2.45) is 0 Å². The molecular formula is C35H36N6O4. The maximum Gasteiger partial charge on any atom is 0.251 e. The third kappa shape index (κ3) is 6.97. The smallest absolute Gasteiger partial charge is 0.251 e. The molecule has 1 saturated heterocycles. The maximum absolute atomic E-state index is 14.3. The van der Waals surface area contributed by atoms with Gasteiger partial charge < -0.3 is 24.6 Å². The van der Waals surface area contributed by atoms with Crippen molar-refractivity contribution in [1.82, 2.24) is 19.9 Å². The van der Waals surface area contributed by atoms with Crippen LogP contribution in [0.15, 0.2) is 97.1 Å². The maximum atomic E-state index is 14.3. The number of aryl methyl sites for hydroxylation is 1. The second kappa shape index (κ2) is 13.6. The molecule has 1 N–H and O–H groups in total. The van der Waals surface area contributed by atoms with Crippen LogP contribution in [0.3, 0.4) is 0 Å². The standard InChI is InChI=1S/C35H36N6O4/c1-25-10-12-26(13-11-25)23-40(33(42)24-41-32-9-4-3-8-31(32)37-38-41)34(27-6-5-7-30(22-27)44-2)35(43)36-28-14-16-29(17-15-28)39-18-20-45-21-19-39/h3-17,22,34H,18-21,23-24H2,1-2H3,(H,36,43). The first-order valence-corrected chi connectivity index (χ1v) is 15.0. The predicted octanol–water partition coefficient (Wildman–Crippen LogP) is 4.99. The second-order valence-corrected chi connectivity index (χ2v) is 11.1. The van der Waals surface area contributed by atoms with Crippen LogP contribution < -0.4 is 15.0 Å². The summed E-state index contributed by atoms with van der Waals surface area (Å²) in [5.41, 5.74) is 5.76. The lowest BCUT2D eigenvalue weighted by atomic mass is 10.0. The van der Waals surface area contributed by atoms with Gasteiger partial charge in [0, 0.05) is 31.0 Å². The number of hydrogen-bond acceptors (Lipinski definition) is 7. The molecule has 0 radical (unpaired) electrons. The lowest BCUT2D eigenvalue weighted by Gasteiger charge is -2.32. The summed E-state index contributed by atoms with van der Waals surface area (Å²) < 4.78 is 12.6. The molecule has 230 valence electrons. The van der Waals surface area contributed by atoms with Crippen LogP contribution >= 0.6 is 0 Å². The van der Waals surface area contributed by atoms with E-state index in [9.17, 15) is 9.59 Å². The quantitative estimate of drug-likeness (QED) is 0.240. The number of amides is 2. The lowest BCUT2D eigenvalue weighted by Crippen LogP contribution is -2.42. The highest BCUT2D eigenvalue weighted by Crippen LogP contribution is 2.29. The molecule has 1 unspecified atom stereocenters. The molecule has 1 atom stereocenters. The van der Waals surface area contributed by atoms with Gasteiger partial charge in [0.25, 0.3) is 5.91 Å². The van der Waals surface area contributed by atoms with Crippen LogP contribution in [0, 0.1) is 6.92 Å². The van der Waals surface area contributed by atoms with Crippen molar-refractivity contribution in [1.29, 1.82) is 0 Å². The highest BCUT2D eigenvalue weighted by atomic mass is 16.5. The largest absolute Gasteiger partial charge is 0.497 e. The van der Waals surface area contributed by atoms with Crippen LogP contribution in [0.5, 0.6) is 5.75 Å². The summed E-state index contributed by atoms with van der Waals surface area (Å²) in [6.45, 7) is 5.15. The number of nitrogens with zero attached hydrogens (tertiary/aromatic N) is 5. The molecule has 4 aromatic carbocycles. The van der Waals surface area contributed by atoms with Crippen molar-refractivity contribution in [2.75, 3.05) is 43.6 Å². The number of benzene rings is 4. The Hall–Kier alpha value is -5.22. The van der Waals surface area contributed by atoms with E-state index in [1.807, 2.05) is 97.9 Å². The van der Waals surface area contributed by atoms with Crippen molar-refractivity contribution < 1.29 is 19.1 Å². The first-order chi connectivity index (χ1) is 22.0. The average Bonchev–Trinajstić information content (AvgIpc) is 3.48. The number of para-hydroxylation sites is 1. The van der Waals surface area contributed by atoms with Crippen molar-refractivity contribution in [3.8, 4) is 5.75 Å². The third-order valence-corrected chi connectivity index (χ3v) is 7.98. The van der Waals surface area contributed by atoms with E-state index < -0.39 is 6.04 Å². The first-order valence-electron chi connectivity index (χ1n) is 15.0. The number of carbonyl (C=O) groups is 2. The van der Waals surface area contributed by atoms with Gasteiger partial charge in [-0.2, -0.15) is 0 Å². The summed E-state index contributed by atoms with van der Waals surface area (Å²) in [4.78, 5) is 32.4. The summed E-state index contributed by atoms with van der Waals surface area (Å²) in [6.07, 6.45) is 0. The van der Waals surface area contributed by atoms with Crippen LogP contribution in [0.1, 0.15) is 22.7 Å². The Morgan fingerprint density at radius 3 is 2.47 bits per heavy atom. The Morgan fingerprint density at radius 1 is 0.956 bits per heavy atom. The number of hydrogen-bond donors (Lipinski definition) is 1. The van der Waals surface area contributed by atoms with E-state index in [2.05, 4.69) is 20.5 Å². The molecule has 1 aliphatic rings. The van der Waals surface area contributed by atoms with E-state index in [-0.39, 0.29) is 24.9 Å². The summed E-state index contributed by atoms with van der Waals surface area (Å²) in [6, 6.07) is 29.5. The zero-order valence-electron chi connectivity index (χ0n) is 25.4. The molecule has 10 nitrogen and oxygen atoms in total. The van der Waals surface area contributed by atoms with Gasteiger partial charge in [0.2, 0.25) is 5.91 Å². The Labute approximate surface area is 262 Å². The normalized spacial score (nSPS) is 13.8. The van der Waals surface area contributed by atoms with E-state index >= 15 is 0 Å². The molecule has 1 aliphatic heterocycles. The molecule has 45 heavy (non-hydrogen) atoms. The number of carbonyl (C=O) groups excluding carboxylic acids is 2. The molecule has 5 aromatic rings. The SMILES string of the molecule is COc1cccc(C(C(=O)Nc2ccc(N3CCOCC3)cc2)N(Cc2ccc(C)cc2)C(=O)Cn2nnc3ccccc32)c1. The molecular weight excluding hydrogens is 568 g/mol. The van der Waals surface area contributed by atoms with Crippen LogP contribution in [0.2, 0.25) is 0 Å². The van der Waals surface area contributed by atoms with Gasteiger partial charge >= 0.3 is 0 Å². The number of nitrogens with one attached hydrogen (secondary N) is 1. The molecule has 1 aromatic heterocycles. The minimum atomic E-state index is -0.970. The highest BCUT2D eigenvalue weighted by molar-refractivity contribution is 5.98. The van der Waals surface area contributed by atoms with Crippen LogP contribution in [0.25, 0.3) is 11.0 Å². The fourth-order valence-corrected chi connectivity index (χ4v) is 5.54. The second-order valence-electron chi connectivity index (χ2n) is 11.1. The van der Waals surface area contributed by atoms with E-state index in [0.29, 0.717) is 35.7 Å². The minimum Gasteiger partial charge on any atom is -0.497 e. The Kier molecular flexibility index (Phi) is 9.02. The van der Waals surface area contributed by atoms with Crippen LogP contribution in [-0.4, -0.2) is 65.1 Å². The molecule has 0 spiro atoms. The molecule has 0 aliphatic carbocycles. The van der Waals surface area contributed by atoms with Gasteiger partial charge in [0.1, 0.15) is 23.9 Å². The molecule has 2 heterocycles. The van der Waals surface area contributed by atoms with Crippen LogP contribution in [-0.2, 0) is 27.4 Å². The van der Waals surface area contributed by atoms with E-state index in [0.717, 1.165) is 35.4 Å². The Bertz CT molecular complexity index is 1760. The van der Waals surface area contributed by atoms with Crippen molar-refractivity contribution in [3.05, 3.63) is 114 Å².